The third kappa shape index (κ3) is 3.17. The van der Waals surface area contributed by atoms with Crippen molar-refractivity contribution in [2.24, 2.45) is 0 Å². The number of hydrogen-bond acceptors (Lipinski definition) is 3. The van der Waals surface area contributed by atoms with Crippen LogP contribution in [0.25, 0.3) is 5.69 Å². The number of aromatic nitrogens is 4. The van der Waals surface area contributed by atoms with Gasteiger partial charge in [-0.15, -0.1) is 0 Å². The van der Waals surface area contributed by atoms with Crippen molar-refractivity contribution in [2.45, 2.75) is 18.8 Å². The van der Waals surface area contributed by atoms with Crippen LogP contribution in [-0.2, 0) is 0 Å². The molecule has 1 aliphatic heterocycles. The van der Waals surface area contributed by atoms with E-state index in [9.17, 15) is 4.79 Å². The Labute approximate surface area is 150 Å². The molecule has 4 rings (SSSR count). The Morgan fingerprint density at radius 3 is 3.00 bits per heavy atom. The van der Waals surface area contributed by atoms with E-state index in [0.717, 1.165) is 30.9 Å². The topological polar surface area (TPSA) is 66.8 Å². The van der Waals surface area contributed by atoms with Crippen molar-refractivity contribution >= 4 is 17.5 Å². The maximum absolute atomic E-state index is 13.0. The quantitative estimate of drug-likeness (QED) is 0.784. The average Bonchev–Trinajstić information content (AvgIpc) is 3.35. The van der Waals surface area contributed by atoms with Crippen LogP contribution in [0.5, 0.6) is 0 Å². The molecule has 1 amide bonds. The van der Waals surface area contributed by atoms with Gasteiger partial charge in [-0.3, -0.25) is 4.79 Å². The number of carbonyl (C=O) groups is 1. The minimum absolute atomic E-state index is 0.0461. The first-order chi connectivity index (χ1) is 12.2. The molecule has 3 heterocycles. The van der Waals surface area contributed by atoms with E-state index in [4.69, 9.17) is 11.6 Å². The molecule has 1 aliphatic rings. The normalized spacial score (nSPS) is 17.6. The van der Waals surface area contributed by atoms with Crippen LogP contribution in [0.1, 0.15) is 34.9 Å². The SMILES string of the molecule is O=C(c1cc(-n2cccn2)ccc1Cl)N1CCC[C@H](c2ncc[nH]2)C1. The summed E-state index contributed by atoms with van der Waals surface area (Å²) < 4.78 is 1.72. The van der Waals surface area contributed by atoms with Gasteiger partial charge in [-0.1, -0.05) is 11.6 Å². The number of carbonyl (C=O) groups excluding carboxylic acids is 1. The number of benzene rings is 1. The smallest absolute Gasteiger partial charge is 0.255 e. The highest BCUT2D eigenvalue weighted by atomic mass is 35.5. The van der Waals surface area contributed by atoms with E-state index >= 15 is 0 Å². The molecule has 0 radical (unpaired) electrons. The predicted molar refractivity (Wildman–Crippen MR) is 95.0 cm³/mol. The number of imidazole rings is 1. The summed E-state index contributed by atoms with van der Waals surface area (Å²) in [4.78, 5) is 22.4. The van der Waals surface area contributed by atoms with Gasteiger partial charge in [0.25, 0.3) is 5.91 Å². The molecule has 0 spiro atoms. The Morgan fingerprint density at radius 1 is 1.32 bits per heavy atom. The van der Waals surface area contributed by atoms with Crippen molar-refractivity contribution in [1.29, 1.82) is 0 Å². The molecule has 1 saturated heterocycles. The summed E-state index contributed by atoms with van der Waals surface area (Å²) in [5.74, 6) is 1.13. The first-order valence-electron chi connectivity index (χ1n) is 8.30. The molecule has 3 aromatic rings. The van der Waals surface area contributed by atoms with Crippen molar-refractivity contribution in [3.05, 3.63) is 65.5 Å². The number of amides is 1. The summed E-state index contributed by atoms with van der Waals surface area (Å²) in [5, 5.41) is 4.67. The molecule has 25 heavy (non-hydrogen) atoms. The maximum Gasteiger partial charge on any atom is 0.255 e. The second kappa shape index (κ2) is 6.72. The number of likely N-dealkylation sites (tertiary alicyclic amines) is 1. The van der Waals surface area contributed by atoms with E-state index in [-0.39, 0.29) is 11.8 Å². The molecule has 1 fully saturated rings. The molecule has 0 bridgehead atoms. The summed E-state index contributed by atoms with van der Waals surface area (Å²) in [5.41, 5.74) is 1.33. The minimum Gasteiger partial charge on any atom is -0.348 e. The second-order valence-corrected chi connectivity index (χ2v) is 6.59. The fourth-order valence-corrected chi connectivity index (χ4v) is 3.50. The van der Waals surface area contributed by atoms with Gasteiger partial charge in [0.2, 0.25) is 0 Å². The van der Waals surface area contributed by atoms with E-state index in [2.05, 4.69) is 15.1 Å². The molecule has 128 valence electrons. The maximum atomic E-state index is 13.0. The predicted octanol–water partition coefficient (Wildman–Crippen LogP) is 3.27. The zero-order chi connectivity index (χ0) is 17.2. The molecule has 0 aliphatic carbocycles. The van der Waals surface area contributed by atoms with Crippen molar-refractivity contribution in [3.8, 4) is 5.69 Å². The Morgan fingerprint density at radius 2 is 2.24 bits per heavy atom. The number of H-pyrrole nitrogens is 1. The number of rotatable bonds is 3. The number of halogens is 1. The van der Waals surface area contributed by atoms with Gasteiger partial charge in [0, 0.05) is 43.8 Å². The van der Waals surface area contributed by atoms with Gasteiger partial charge in [-0.25, -0.2) is 9.67 Å². The van der Waals surface area contributed by atoms with Crippen LogP contribution in [0.2, 0.25) is 5.02 Å². The highest BCUT2D eigenvalue weighted by Gasteiger charge is 2.28. The third-order valence-electron chi connectivity index (χ3n) is 4.56. The van der Waals surface area contributed by atoms with Crippen molar-refractivity contribution in [2.75, 3.05) is 13.1 Å². The van der Waals surface area contributed by atoms with Crippen LogP contribution in [0, 0.1) is 0 Å². The van der Waals surface area contributed by atoms with Crippen molar-refractivity contribution in [1.82, 2.24) is 24.6 Å². The number of nitrogens with zero attached hydrogens (tertiary/aromatic N) is 4. The lowest BCUT2D eigenvalue weighted by atomic mass is 9.96. The fourth-order valence-electron chi connectivity index (χ4n) is 3.30. The number of nitrogens with one attached hydrogen (secondary N) is 1. The van der Waals surface area contributed by atoms with Crippen LogP contribution in [0.15, 0.2) is 49.1 Å². The molecule has 2 aromatic heterocycles. The Bertz CT molecular complexity index is 860. The summed E-state index contributed by atoms with van der Waals surface area (Å²) in [6, 6.07) is 7.25. The molecular weight excluding hydrogens is 338 g/mol. The lowest BCUT2D eigenvalue weighted by Gasteiger charge is -2.32. The molecule has 1 atom stereocenters. The Kier molecular flexibility index (Phi) is 4.28. The summed E-state index contributed by atoms with van der Waals surface area (Å²) in [6.07, 6.45) is 9.09. The summed E-state index contributed by atoms with van der Waals surface area (Å²) in [7, 11) is 0. The first kappa shape index (κ1) is 15.9. The zero-order valence-corrected chi connectivity index (χ0v) is 14.4. The van der Waals surface area contributed by atoms with Crippen LogP contribution >= 0.6 is 11.6 Å². The van der Waals surface area contributed by atoms with E-state index in [1.807, 2.05) is 29.4 Å². The Hall–Kier alpha value is -2.60. The fraction of sp³-hybridized carbons (Fsp3) is 0.278. The summed E-state index contributed by atoms with van der Waals surface area (Å²) in [6.45, 7) is 1.38. The standard InChI is InChI=1S/C18H18ClN5O/c19-16-5-4-14(24-10-2-6-22-24)11-15(16)18(25)23-9-1-3-13(12-23)17-20-7-8-21-17/h2,4-8,10-11,13H,1,3,9,12H2,(H,20,21)/t13-/m0/s1. The zero-order valence-electron chi connectivity index (χ0n) is 13.6. The number of piperidine rings is 1. The van der Waals surface area contributed by atoms with Crippen molar-refractivity contribution in [3.63, 3.8) is 0 Å². The van der Waals surface area contributed by atoms with E-state index in [1.54, 1.807) is 29.2 Å². The largest absolute Gasteiger partial charge is 0.348 e. The van der Waals surface area contributed by atoms with Gasteiger partial charge < -0.3 is 9.88 Å². The lowest BCUT2D eigenvalue weighted by Crippen LogP contribution is -2.39. The molecule has 0 unspecified atom stereocenters. The molecule has 1 N–H and O–H groups in total. The monoisotopic (exact) mass is 355 g/mol. The van der Waals surface area contributed by atoms with E-state index < -0.39 is 0 Å². The van der Waals surface area contributed by atoms with Gasteiger partial charge in [0.15, 0.2) is 0 Å². The molecular formula is C18H18ClN5O. The van der Waals surface area contributed by atoms with Crippen LogP contribution < -0.4 is 0 Å². The summed E-state index contributed by atoms with van der Waals surface area (Å²) >= 11 is 6.31. The van der Waals surface area contributed by atoms with E-state index in [1.165, 1.54) is 0 Å². The van der Waals surface area contributed by atoms with Crippen LogP contribution in [0.3, 0.4) is 0 Å². The van der Waals surface area contributed by atoms with Gasteiger partial charge >= 0.3 is 0 Å². The number of hydrogen-bond donors (Lipinski definition) is 1. The first-order valence-corrected chi connectivity index (χ1v) is 8.68. The molecule has 1 aromatic carbocycles. The highest BCUT2D eigenvalue weighted by Crippen LogP contribution is 2.27. The van der Waals surface area contributed by atoms with Gasteiger partial charge in [-0.05, 0) is 37.1 Å². The molecule has 6 nitrogen and oxygen atoms in total. The minimum atomic E-state index is -0.0461. The second-order valence-electron chi connectivity index (χ2n) is 6.18. The van der Waals surface area contributed by atoms with Gasteiger partial charge in [-0.2, -0.15) is 5.10 Å². The van der Waals surface area contributed by atoms with Gasteiger partial charge in [0.05, 0.1) is 16.3 Å². The third-order valence-corrected chi connectivity index (χ3v) is 4.89. The Balaban J connectivity index is 1.59. The lowest BCUT2D eigenvalue weighted by molar-refractivity contribution is 0.0705. The van der Waals surface area contributed by atoms with Gasteiger partial charge in [0.1, 0.15) is 5.82 Å². The average molecular weight is 356 g/mol. The molecule has 0 saturated carbocycles. The van der Waals surface area contributed by atoms with Crippen molar-refractivity contribution < 1.29 is 4.79 Å². The molecule has 7 heteroatoms. The highest BCUT2D eigenvalue weighted by molar-refractivity contribution is 6.33. The van der Waals surface area contributed by atoms with Crippen LogP contribution in [0.4, 0.5) is 0 Å². The van der Waals surface area contributed by atoms with E-state index in [0.29, 0.717) is 17.1 Å². The number of aromatic amines is 1. The van der Waals surface area contributed by atoms with Crippen LogP contribution in [-0.4, -0.2) is 43.6 Å².